The largest absolute Gasteiger partial charge is 0.299 e. The zero-order valence-corrected chi connectivity index (χ0v) is 9.78. The lowest BCUT2D eigenvalue weighted by Gasteiger charge is -2.09. The molecule has 88 valence electrons. The maximum absolute atomic E-state index is 13.6. The maximum atomic E-state index is 13.6. The maximum Gasteiger partial charge on any atom is 0.251 e. The summed E-state index contributed by atoms with van der Waals surface area (Å²) in [5.74, 6) is -1.65. The number of halogens is 3. The van der Waals surface area contributed by atoms with E-state index >= 15 is 0 Å². The molecule has 17 heavy (non-hydrogen) atoms. The Balaban J connectivity index is 2.77. The van der Waals surface area contributed by atoms with Crippen molar-refractivity contribution >= 4 is 23.8 Å². The van der Waals surface area contributed by atoms with Gasteiger partial charge in [-0.2, -0.15) is 0 Å². The van der Waals surface area contributed by atoms with Crippen LogP contribution < -0.4 is 5.56 Å². The first-order valence-electron chi connectivity index (χ1n) is 4.46. The van der Waals surface area contributed by atoms with Crippen molar-refractivity contribution < 1.29 is 8.78 Å². The van der Waals surface area contributed by atoms with Gasteiger partial charge in [-0.05, 0) is 18.3 Å². The van der Waals surface area contributed by atoms with Crippen LogP contribution in [0.2, 0.25) is 5.02 Å². The highest BCUT2D eigenvalue weighted by molar-refractivity contribution is 7.71. The summed E-state index contributed by atoms with van der Waals surface area (Å²) < 4.78 is 27.6. The first-order valence-corrected chi connectivity index (χ1v) is 5.24. The van der Waals surface area contributed by atoms with Crippen molar-refractivity contribution in [3.8, 4) is 5.69 Å². The molecule has 0 aliphatic carbocycles. The van der Waals surface area contributed by atoms with Crippen molar-refractivity contribution in [2.75, 3.05) is 0 Å². The number of H-pyrrole nitrogens is 1. The zero-order valence-electron chi connectivity index (χ0n) is 8.21. The van der Waals surface area contributed by atoms with Crippen LogP contribution in [-0.2, 0) is 0 Å². The molecule has 3 nitrogen and oxygen atoms in total. The van der Waals surface area contributed by atoms with E-state index in [1.54, 1.807) is 0 Å². The van der Waals surface area contributed by atoms with Crippen molar-refractivity contribution in [1.29, 1.82) is 0 Å². The second-order valence-electron chi connectivity index (χ2n) is 3.20. The minimum atomic E-state index is -0.863. The molecule has 2 aromatic rings. The zero-order chi connectivity index (χ0) is 12.6. The molecule has 0 spiro atoms. The quantitative estimate of drug-likeness (QED) is 0.812. The molecule has 0 aliphatic rings. The molecule has 7 heteroatoms. The molecule has 2 rings (SSSR count). The number of hydrogen-bond donors (Lipinski definition) is 1. The topological polar surface area (TPSA) is 37.8 Å². The van der Waals surface area contributed by atoms with Gasteiger partial charge >= 0.3 is 0 Å². The van der Waals surface area contributed by atoms with Crippen molar-refractivity contribution in [2.45, 2.75) is 0 Å². The molecule has 1 aromatic heterocycles. The number of hydrogen-bond acceptors (Lipinski definition) is 2. The lowest BCUT2D eigenvalue weighted by Crippen LogP contribution is -2.11. The van der Waals surface area contributed by atoms with E-state index in [9.17, 15) is 13.6 Å². The molecule has 0 fully saturated rings. The van der Waals surface area contributed by atoms with Gasteiger partial charge in [0, 0.05) is 18.3 Å². The molecule has 1 heterocycles. The van der Waals surface area contributed by atoms with Crippen molar-refractivity contribution in [3.63, 3.8) is 0 Å². The predicted molar refractivity (Wildman–Crippen MR) is 62.1 cm³/mol. The van der Waals surface area contributed by atoms with Gasteiger partial charge in [0.15, 0.2) is 10.6 Å². The highest BCUT2D eigenvalue weighted by Gasteiger charge is 2.12. The Kier molecular flexibility index (Phi) is 3.08. The summed E-state index contributed by atoms with van der Waals surface area (Å²) in [4.78, 5) is 13.3. The Morgan fingerprint density at radius 1 is 1.35 bits per heavy atom. The van der Waals surface area contributed by atoms with Crippen LogP contribution in [0.25, 0.3) is 5.69 Å². The molecule has 0 bridgehead atoms. The van der Waals surface area contributed by atoms with Gasteiger partial charge in [0.2, 0.25) is 0 Å². The third-order valence-electron chi connectivity index (χ3n) is 2.05. The first kappa shape index (κ1) is 11.9. The van der Waals surface area contributed by atoms with Gasteiger partial charge in [-0.3, -0.25) is 14.3 Å². The summed E-state index contributed by atoms with van der Waals surface area (Å²) in [5, 5.41) is -0.134. The van der Waals surface area contributed by atoms with Crippen molar-refractivity contribution in [1.82, 2.24) is 9.55 Å². The molecule has 0 amide bonds. The molecule has 0 saturated heterocycles. The van der Waals surface area contributed by atoms with E-state index < -0.39 is 17.2 Å². The lowest BCUT2D eigenvalue weighted by molar-refractivity contribution is 0.576. The van der Waals surface area contributed by atoms with Gasteiger partial charge in [0.05, 0.1) is 5.02 Å². The summed E-state index contributed by atoms with van der Waals surface area (Å²) >= 11 is 10.6. The average molecular weight is 275 g/mol. The van der Waals surface area contributed by atoms with Crippen molar-refractivity contribution in [2.24, 2.45) is 0 Å². The van der Waals surface area contributed by atoms with Crippen LogP contribution in [0.4, 0.5) is 8.78 Å². The number of nitrogens with zero attached hydrogens (tertiary/aromatic N) is 1. The van der Waals surface area contributed by atoms with E-state index in [0.29, 0.717) is 6.07 Å². The van der Waals surface area contributed by atoms with E-state index in [0.717, 1.165) is 16.7 Å². The first-order chi connectivity index (χ1) is 7.99. The normalized spacial score (nSPS) is 10.5. The SMILES string of the molecule is O=c1ccn(-c2c(F)cc(F)cc2Cl)c(=S)[nH]1. The summed E-state index contributed by atoms with van der Waals surface area (Å²) in [7, 11) is 0. The van der Waals surface area contributed by atoms with Crippen LogP contribution >= 0.6 is 23.8 Å². The fourth-order valence-electron chi connectivity index (χ4n) is 1.36. The van der Waals surface area contributed by atoms with Crippen LogP contribution in [0.1, 0.15) is 0 Å². The van der Waals surface area contributed by atoms with Crippen LogP contribution in [-0.4, -0.2) is 9.55 Å². The Bertz CT molecular complexity index is 672. The second kappa shape index (κ2) is 4.38. The van der Waals surface area contributed by atoms with Crippen LogP contribution in [0, 0.1) is 16.4 Å². The minimum absolute atomic E-state index is 0.0232. The predicted octanol–water partition coefficient (Wildman–Crippen LogP) is 2.83. The third-order valence-corrected chi connectivity index (χ3v) is 2.63. The summed E-state index contributed by atoms with van der Waals surface area (Å²) in [6.07, 6.45) is 1.27. The van der Waals surface area contributed by atoms with Gasteiger partial charge in [0.1, 0.15) is 11.5 Å². The molecule has 1 aromatic carbocycles. The highest BCUT2D eigenvalue weighted by Crippen LogP contribution is 2.24. The Labute approximate surface area is 104 Å². The molecule has 1 N–H and O–H groups in total. The van der Waals surface area contributed by atoms with Gasteiger partial charge < -0.3 is 0 Å². The Morgan fingerprint density at radius 2 is 2.06 bits per heavy atom. The smallest absolute Gasteiger partial charge is 0.251 e. The molecular weight excluding hydrogens is 270 g/mol. The molecular formula is C10H5ClF2N2OS. The molecule has 0 radical (unpaired) electrons. The van der Waals surface area contributed by atoms with E-state index in [4.69, 9.17) is 23.8 Å². The van der Waals surface area contributed by atoms with E-state index in [2.05, 4.69) is 4.98 Å². The number of benzene rings is 1. The molecule has 0 saturated carbocycles. The highest BCUT2D eigenvalue weighted by atomic mass is 35.5. The summed E-state index contributed by atoms with van der Waals surface area (Å²) in [6.45, 7) is 0. The monoisotopic (exact) mass is 274 g/mol. The second-order valence-corrected chi connectivity index (χ2v) is 3.99. The van der Waals surface area contributed by atoms with Crippen LogP contribution in [0.3, 0.4) is 0 Å². The van der Waals surface area contributed by atoms with E-state index in [-0.39, 0.29) is 15.5 Å². The van der Waals surface area contributed by atoms with Gasteiger partial charge in [-0.25, -0.2) is 8.78 Å². The van der Waals surface area contributed by atoms with Crippen molar-refractivity contribution in [3.05, 3.63) is 56.2 Å². The number of rotatable bonds is 1. The van der Waals surface area contributed by atoms with E-state index in [1.165, 1.54) is 6.20 Å². The molecule has 0 atom stereocenters. The fourth-order valence-corrected chi connectivity index (χ4v) is 1.90. The lowest BCUT2D eigenvalue weighted by atomic mass is 10.3. The average Bonchev–Trinajstić information content (AvgIpc) is 2.19. The minimum Gasteiger partial charge on any atom is -0.299 e. The number of nitrogens with one attached hydrogen (secondary N) is 1. The van der Waals surface area contributed by atoms with Crippen LogP contribution in [0.15, 0.2) is 29.2 Å². The number of aromatic nitrogens is 2. The fraction of sp³-hybridized carbons (Fsp3) is 0. The standard InChI is InChI=1S/C10H5ClF2N2OS/c11-6-3-5(12)4-7(13)9(6)15-2-1-8(16)14-10(15)17/h1-4H,(H,14,16,17). The Morgan fingerprint density at radius 3 is 2.65 bits per heavy atom. The van der Waals surface area contributed by atoms with Gasteiger partial charge in [-0.1, -0.05) is 11.6 Å². The Hall–Kier alpha value is -1.53. The van der Waals surface area contributed by atoms with Gasteiger partial charge in [0.25, 0.3) is 5.56 Å². The van der Waals surface area contributed by atoms with E-state index in [1.807, 2.05) is 0 Å². The summed E-state index contributed by atoms with van der Waals surface area (Å²) in [6, 6.07) is 2.82. The summed E-state index contributed by atoms with van der Waals surface area (Å²) in [5.41, 5.74) is -0.515. The number of aromatic amines is 1. The van der Waals surface area contributed by atoms with Crippen LogP contribution in [0.5, 0.6) is 0 Å². The third kappa shape index (κ3) is 2.27. The molecule has 0 unspecified atom stereocenters. The van der Waals surface area contributed by atoms with Gasteiger partial charge in [-0.15, -0.1) is 0 Å². The molecule has 0 aliphatic heterocycles.